The highest BCUT2D eigenvalue weighted by molar-refractivity contribution is 5.78. The fourth-order valence-electron chi connectivity index (χ4n) is 1.49. The van der Waals surface area contributed by atoms with E-state index < -0.39 is 0 Å². The lowest BCUT2D eigenvalue weighted by atomic mass is 10.1. The van der Waals surface area contributed by atoms with Crippen LogP contribution in [0, 0.1) is 0 Å². The van der Waals surface area contributed by atoms with Crippen LogP contribution >= 0.6 is 0 Å². The van der Waals surface area contributed by atoms with Crippen molar-refractivity contribution >= 4 is 10.9 Å². The Morgan fingerprint density at radius 1 is 1.36 bits per heavy atom. The normalized spacial score (nSPS) is 11.1. The number of rotatable bonds is 2. The molecule has 2 rings (SSSR count). The molecular formula is C11H12N2O. The van der Waals surface area contributed by atoms with Gasteiger partial charge in [-0.05, 0) is 23.8 Å². The molecule has 14 heavy (non-hydrogen) atoms. The van der Waals surface area contributed by atoms with Crippen LogP contribution in [0.5, 0.6) is 0 Å². The van der Waals surface area contributed by atoms with E-state index in [1.807, 2.05) is 30.3 Å². The first kappa shape index (κ1) is 9.12. The molecule has 0 unspecified atom stereocenters. The van der Waals surface area contributed by atoms with Gasteiger partial charge in [0.25, 0.3) is 0 Å². The number of benzene rings is 1. The van der Waals surface area contributed by atoms with Crippen molar-refractivity contribution in [3.05, 3.63) is 42.1 Å². The van der Waals surface area contributed by atoms with Crippen molar-refractivity contribution in [3.8, 4) is 0 Å². The summed E-state index contributed by atoms with van der Waals surface area (Å²) in [5.74, 6) is 0. The molecule has 3 nitrogen and oxygen atoms in total. The zero-order valence-electron chi connectivity index (χ0n) is 8.01. The van der Waals surface area contributed by atoms with Gasteiger partial charge in [-0.1, -0.05) is 12.1 Å². The van der Waals surface area contributed by atoms with Crippen LogP contribution < -0.4 is 0 Å². The lowest BCUT2D eigenvalue weighted by Gasteiger charge is -2.08. The average Bonchev–Trinajstić information content (AvgIpc) is 2.17. The summed E-state index contributed by atoms with van der Waals surface area (Å²) in [6.45, 7) is 0.533. The first-order valence-electron chi connectivity index (χ1n) is 4.49. The predicted molar refractivity (Wildman–Crippen MR) is 55.0 cm³/mol. The van der Waals surface area contributed by atoms with Crippen molar-refractivity contribution in [3.63, 3.8) is 0 Å². The molecule has 72 valence electrons. The van der Waals surface area contributed by atoms with Crippen LogP contribution in [0.4, 0.5) is 0 Å². The van der Waals surface area contributed by atoms with E-state index >= 15 is 0 Å². The van der Waals surface area contributed by atoms with Crippen molar-refractivity contribution < 1.29 is 5.21 Å². The molecule has 0 bridgehead atoms. The van der Waals surface area contributed by atoms with Crippen LogP contribution in [0.3, 0.4) is 0 Å². The monoisotopic (exact) mass is 188 g/mol. The molecule has 0 radical (unpaired) electrons. The molecule has 1 N–H and O–H groups in total. The second-order valence-corrected chi connectivity index (χ2v) is 3.35. The molecule has 0 atom stereocenters. The summed E-state index contributed by atoms with van der Waals surface area (Å²) in [5.41, 5.74) is 2.06. The third kappa shape index (κ3) is 1.89. The van der Waals surface area contributed by atoms with Crippen molar-refractivity contribution in [2.24, 2.45) is 0 Å². The Balaban J connectivity index is 2.41. The minimum atomic E-state index is 0.533. The van der Waals surface area contributed by atoms with E-state index in [1.165, 1.54) is 0 Å². The minimum Gasteiger partial charge on any atom is -0.314 e. The van der Waals surface area contributed by atoms with Gasteiger partial charge in [0.05, 0.1) is 5.52 Å². The van der Waals surface area contributed by atoms with E-state index in [4.69, 9.17) is 5.21 Å². The molecule has 0 amide bonds. The van der Waals surface area contributed by atoms with Gasteiger partial charge in [0.2, 0.25) is 0 Å². The maximum Gasteiger partial charge on any atom is 0.0702 e. The van der Waals surface area contributed by atoms with Crippen LogP contribution in [0.1, 0.15) is 5.56 Å². The molecule has 0 fully saturated rings. The Labute approximate surface area is 82.6 Å². The van der Waals surface area contributed by atoms with Crippen molar-refractivity contribution in [1.82, 2.24) is 10.0 Å². The van der Waals surface area contributed by atoms with Gasteiger partial charge in [-0.25, -0.2) is 0 Å². The summed E-state index contributed by atoms with van der Waals surface area (Å²) in [4.78, 5) is 4.23. The van der Waals surface area contributed by atoms with E-state index in [9.17, 15) is 0 Å². The second kappa shape index (κ2) is 3.74. The molecule has 1 heterocycles. The highest BCUT2D eigenvalue weighted by Gasteiger charge is 1.98. The average molecular weight is 188 g/mol. The molecule has 0 saturated heterocycles. The van der Waals surface area contributed by atoms with Crippen LogP contribution in [0.2, 0.25) is 0 Å². The number of aromatic nitrogens is 1. The molecule has 0 aliphatic heterocycles. The molecule has 0 saturated carbocycles. The second-order valence-electron chi connectivity index (χ2n) is 3.35. The Morgan fingerprint density at radius 2 is 2.21 bits per heavy atom. The van der Waals surface area contributed by atoms with E-state index in [0.29, 0.717) is 6.54 Å². The van der Waals surface area contributed by atoms with Crippen LogP contribution in [-0.2, 0) is 6.54 Å². The highest BCUT2D eigenvalue weighted by atomic mass is 16.5. The number of nitrogens with zero attached hydrogens (tertiary/aromatic N) is 2. The first-order chi connectivity index (χ1) is 6.75. The zero-order valence-corrected chi connectivity index (χ0v) is 8.01. The summed E-state index contributed by atoms with van der Waals surface area (Å²) < 4.78 is 0. The maximum atomic E-state index is 9.10. The molecule has 1 aromatic carbocycles. The van der Waals surface area contributed by atoms with Crippen molar-refractivity contribution in [2.45, 2.75) is 6.54 Å². The lowest BCUT2D eigenvalue weighted by Crippen LogP contribution is -2.11. The van der Waals surface area contributed by atoms with Gasteiger partial charge < -0.3 is 5.21 Å². The molecule has 0 aliphatic carbocycles. The maximum absolute atomic E-state index is 9.10. The Bertz CT molecular complexity index is 440. The molecular weight excluding hydrogens is 176 g/mol. The number of hydrogen-bond acceptors (Lipinski definition) is 3. The zero-order chi connectivity index (χ0) is 9.97. The van der Waals surface area contributed by atoms with Gasteiger partial charge in [-0.15, -0.1) is 0 Å². The van der Waals surface area contributed by atoms with Gasteiger partial charge in [0, 0.05) is 25.2 Å². The fraction of sp³-hybridized carbons (Fsp3) is 0.182. The topological polar surface area (TPSA) is 36.4 Å². The number of hydrogen-bond donors (Lipinski definition) is 1. The van der Waals surface area contributed by atoms with Gasteiger partial charge in [-0.3, -0.25) is 4.98 Å². The van der Waals surface area contributed by atoms with Gasteiger partial charge in [0.1, 0.15) is 0 Å². The van der Waals surface area contributed by atoms with Gasteiger partial charge in [-0.2, -0.15) is 5.06 Å². The molecule has 3 heteroatoms. The first-order valence-corrected chi connectivity index (χ1v) is 4.49. The molecule has 0 aliphatic rings. The fourth-order valence-corrected chi connectivity index (χ4v) is 1.49. The quantitative estimate of drug-likeness (QED) is 0.733. The molecule has 0 spiro atoms. The van der Waals surface area contributed by atoms with Crippen LogP contribution in [0.15, 0.2) is 36.5 Å². The van der Waals surface area contributed by atoms with E-state index in [2.05, 4.69) is 4.98 Å². The Kier molecular flexibility index (Phi) is 2.43. The summed E-state index contributed by atoms with van der Waals surface area (Å²) >= 11 is 0. The summed E-state index contributed by atoms with van der Waals surface area (Å²) in [7, 11) is 1.63. The van der Waals surface area contributed by atoms with Gasteiger partial charge in [0.15, 0.2) is 0 Å². The Hall–Kier alpha value is -1.45. The number of hydroxylamine groups is 2. The Morgan fingerprint density at radius 3 is 3.00 bits per heavy atom. The van der Waals surface area contributed by atoms with E-state index in [-0.39, 0.29) is 0 Å². The third-order valence-corrected chi connectivity index (χ3v) is 2.08. The van der Waals surface area contributed by atoms with Crippen molar-refractivity contribution in [1.29, 1.82) is 0 Å². The van der Waals surface area contributed by atoms with E-state index in [1.54, 1.807) is 13.2 Å². The smallest absolute Gasteiger partial charge is 0.0702 e. The summed E-state index contributed by atoms with van der Waals surface area (Å²) in [5, 5.41) is 11.4. The van der Waals surface area contributed by atoms with E-state index in [0.717, 1.165) is 21.5 Å². The van der Waals surface area contributed by atoms with Crippen LogP contribution in [-0.4, -0.2) is 22.3 Å². The third-order valence-electron chi connectivity index (χ3n) is 2.08. The van der Waals surface area contributed by atoms with Gasteiger partial charge >= 0.3 is 0 Å². The standard InChI is InChI=1S/C11H12N2O/c1-13(14)8-9-4-5-11-10(7-9)3-2-6-12-11/h2-7,14H,8H2,1H3. The lowest BCUT2D eigenvalue weighted by molar-refractivity contribution is -0.0731. The SMILES string of the molecule is CN(O)Cc1ccc2ncccc2c1. The highest BCUT2D eigenvalue weighted by Crippen LogP contribution is 2.13. The predicted octanol–water partition coefficient (Wildman–Crippen LogP) is 2.06. The number of pyridine rings is 1. The summed E-state index contributed by atoms with van der Waals surface area (Å²) in [6.07, 6.45) is 1.78. The van der Waals surface area contributed by atoms with Crippen LogP contribution in [0.25, 0.3) is 10.9 Å². The van der Waals surface area contributed by atoms with Crippen molar-refractivity contribution in [2.75, 3.05) is 7.05 Å². The minimum absolute atomic E-state index is 0.533. The molecule has 1 aromatic heterocycles. The largest absolute Gasteiger partial charge is 0.314 e. The number of fused-ring (bicyclic) bond motifs is 1. The summed E-state index contributed by atoms with van der Waals surface area (Å²) in [6, 6.07) is 9.91. The molecule has 2 aromatic rings.